The summed E-state index contributed by atoms with van der Waals surface area (Å²) in [5.74, 6) is -1.06. The van der Waals surface area contributed by atoms with Crippen molar-refractivity contribution in [2.75, 3.05) is 24.7 Å². The van der Waals surface area contributed by atoms with Crippen molar-refractivity contribution in [1.29, 1.82) is 0 Å². The van der Waals surface area contributed by atoms with E-state index in [9.17, 15) is 23.1 Å². The van der Waals surface area contributed by atoms with Crippen molar-refractivity contribution in [1.82, 2.24) is 4.90 Å². The number of nitrogens with zero attached hydrogens (tertiary/aromatic N) is 1. The minimum atomic E-state index is -3.11. The molecule has 1 aromatic carbocycles. The van der Waals surface area contributed by atoms with Gasteiger partial charge in [-0.1, -0.05) is 18.2 Å². The molecule has 2 heterocycles. The van der Waals surface area contributed by atoms with Gasteiger partial charge in [0.2, 0.25) is 5.91 Å². The zero-order valence-electron chi connectivity index (χ0n) is 15.2. The predicted molar refractivity (Wildman–Crippen MR) is 99.5 cm³/mol. The van der Waals surface area contributed by atoms with Crippen LogP contribution in [0.5, 0.6) is 0 Å². The van der Waals surface area contributed by atoms with E-state index in [0.717, 1.165) is 12.8 Å². The van der Waals surface area contributed by atoms with Crippen molar-refractivity contribution < 1.29 is 27.9 Å². The number of benzene rings is 1. The lowest BCUT2D eigenvalue weighted by Gasteiger charge is -2.30. The summed E-state index contributed by atoms with van der Waals surface area (Å²) in [6, 6.07) is 6.32. The highest BCUT2D eigenvalue weighted by atomic mass is 32.2. The fourth-order valence-corrected chi connectivity index (χ4v) is 5.55. The van der Waals surface area contributed by atoms with Gasteiger partial charge < -0.3 is 14.7 Å². The van der Waals surface area contributed by atoms with Gasteiger partial charge in [0.15, 0.2) is 9.84 Å². The summed E-state index contributed by atoms with van der Waals surface area (Å²) < 4.78 is 29.4. The van der Waals surface area contributed by atoms with Crippen LogP contribution in [0.2, 0.25) is 0 Å². The SMILES string of the molecule is O=C(O)c1ccccc1CCC(=O)N(CC1CCCO1)C1CCS(=O)(=O)C1. The number of sulfone groups is 1. The monoisotopic (exact) mass is 395 g/mol. The number of aryl methyl sites for hydroxylation is 1. The van der Waals surface area contributed by atoms with Crippen LogP contribution in [0.1, 0.15) is 41.6 Å². The van der Waals surface area contributed by atoms with E-state index in [4.69, 9.17) is 4.74 Å². The number of amides is 1. The molecule has 0 spiro atoms. The van der Waals surface area contributed by atoms with E-state index in [0.29, 0.717) is 31.6 Å². The Morgan fingerprint density at radius 2 is 2.00 bits per heavy atom. The molecule has 2 aliphatic rings. The minimum Gasteiger partial charge on any atom is -0.478 e. The molecule has 2 fully saturated rings. The Labute approximate surface area is 159 Å². The fourth-order valence-electron chi connectivity index (χ4n) is 3.82. The molecule has 0 aromatic heterocycles. The van der Waals surface area contributed by atoms with Gasteiger partial charge in [-0.15, -0.1) is 0 Å². The first-order valence-electron chi connectivity index (χ1n) is 9.28. The standard InChI is InChI=1S/C19H25NO6S/c21-18(8-7-14-4-1-2-6-17(14)19(22)23)20(12-16-5-3-10-26-16)15-9-11-27(24,25)13-15/h1-2,4,6,15-16H,3,5,7-13H2,(H,22,23). The molecule has 0 bridgehead atoms. The molecule has 2 aliphatic heterocycles. The maximum Gasteiger partial charge on any atom is 0.335 e. The Morgan fingerprint density at radius 1 is 1.22 bits per heavy atom. The van der Waals surface area contributed by atoms with Crippen LogP contribution in [0.15, 0.2) is 24.3 Å². The molecular formula is C19H25NO6S. The van der Waals surface area contributed by atoms with E-state index in [1.165, 1.54) is 6.07 Å². The van der Waals surface area contributed by atoms with Gasteiger partial charge in [0.1, 0.15) is 0 Å². The highest BCUT2D eigenvalue weighted by Crippen LogP contribution is 2.23. The number of carbonyl (C=O) groups is 2. The number of hydrogen-bond donors (Lipinski definition) is 1. The van der Waals surface area contributed by atoms with E-state index < -0.39 is 15.8 Å². The lowest BCUT2D eigenvalue weighted by Crippen LogP contribution is -2.45. The first-order chi connectivity index (χ1) is 12.9. The molecule has 148 valence electrons. The second-order valence-corrected chi connectivity index (χ2v) is 9.43. The number of rotatable bonds is 7. The van der Waals surface area contributed by atoms with E-state index in [2.05, 4.69) is 0 Å². The summed E-state index contributed by atoms with van der Waals surface area (Å²) >= 11 is 0. The second-order valence-electron chi connectivity index (χ2n) is 7.20. The number of ether oxygens (including phenoxy) is 1. The molecule has 8 heteroatoms. The van der Waals surface area contributed by atoms with E-state index >= 15 is 0 Å². The first kappa shape index (κ1) is 19.8. The predicted octanol–water partition coefficient (Wildman–Crippen LogP) is 1.51. The van der Waals surface area contributed by atoms with Gasteiger partial charge in [0.25, 0.3) is 0 Å². The number of carboxylic acid groups (broad SMARTS) is 1. The van der Waals surface area contributed by atoms with Gasteiger partial charge in [-0.05, 0) is 37.3 Å². The van der Waals surface area contributed by atoms with Crippen LogP contribution in [0.25, 0.3) is 0 Å². The Kier molecular flexibility index (Phi) is 6.16. The van der Waals surface area contributed by atoms with Crippen LogP contribution in [-0.4, -0.2) is 67.1 Å². The minimum absolute atomic E-state index is 0.00280. The van der Waals surface area contributed by atoms with Gasteiger partial charge in [-0.25, -0.2) is 13.2 Å². The number of hydrogen-bond acceptors (Lipinski definition) is 5. The summed E-state index contributed by atoms with van der Waals surface area (Å²) in [5, 5.41) is 9.28. The molecule has 2 saturated heterocycles. The number of carbonyl (C=O) groups excluding carboxylic acids is 1. The molecule has 0 aliphatic carbocycles. The van der Waals surface area contributed by atoms with Crippen LogP contribution in [-0.2, 0) is 25.8 Å². The second kappa shape index (κ2) is 8.39. The van der Waals surface area contributed by atoms with E-state index in [1.54, 1.807) is 23.1 Å². The Hall–Kier alpha value is -1.93. The van der Waals surface area contributed by atoms with Gasteiger partial charge in [0.05, 0.1) is 23.2 Å². The lowest BCUT2D eigenvalue weighted by molar-refractivity contribution is -0.134. The van der Waals surface area contributed by atoms with Crippen molar-refractivity contribution in [3.05, 3.63) is 35.4 Å². The Morgan fingerprint density at radius 3 is 2.63 bits per heavy atom. The summed E-state index contributed by atoms with van der Waals surface area (Å²) in [6.45, 7) is 1.07. The van der Waals surface area contributed by atoms with Crippen LogP contribution in [0.3, 0.4) is 0 Å². The van der Waals surface area contributed by atoms with Crippen LogP contribution in [0.4, 0.5) is 0 Å². The normalized spacial score (nSPS) is 24.0. The van der Waals surface area contributed by atoms with Gasteiger partial charge in [-0.2, -0.15) is 0 Å². The molecule has 27 heavy (non-hydrogen) atoms. The third-order valence-corrected chi connectivity index (χ3v) is 7.00. The smallest absolute Gasteiger partial charge is 0.335 e. The third-order valence-electron chi connectivity index (χ3n) is 5.25. The largest absolute Gasteiger partial charge is 0.478 e. The summed E-state index contributed by atoms with van der Waals surface area (Å²) in [4.78, 5) is 25.9. The molecule has 1 amide bonds. The quantitative estimate of drug-likeness (QED) is 0.751. The Bertz CT molecular complexity index is 800. The maximum atomic E-state index is 12.9. The maximum absolute atomic E-state index is 12.9. The summed E-state index contributed by atoms with van der Waals surface area (Å²) in [5.41, 5.74) is 0.800. The molecule has 0 radical (unpaired) electrons. The lowest BCUT2D eigenvalue weighted by atomic mass is 10.0. The summed E-state index contributed by atoms with van der Waals surface area (Å²) in [6.07, 6.45) is 2.67. The average Bonchev–Trinajstić information content (AvgIpc) is 3.26. The zero-order chi connectivity index (χ0) is 19.4. The van der Waals surface area contributed by atoms with Gasteiger partial charge >= 0.3 is 5.97 Å². The van der Waals surface area contributed by atoms with Crippen LogP contribution < -0.4 is 0 Å². The fraction of sp³-hybridized carbons (Fsp3) is 0.579. The average molecular weight is 395 g/mol. The molecular weight excluding hydrogens is 370 g/mol. The summed E-state index contributed by atoms with van der Waals surface area (Å²) in [7, 11) is -3.11. The van der Waals surface area contributed by atoms with Crippen molar-refractivity contribution >= 4 is 21.7 Å². The van der Waals surface area contributed by atoms with E-state index in [-0.39, 0.29) is 41.5 Å². The highest BCUT2D eigenvalue weighted by molar-refractivity contribution is 7.91. The van der Waals surface area contributed by atoms with Crippen molar-refractivity contribution in [2.24, 2.45) is 0 Å². The van der Waals surface area contributed by atoms with Crippen molar-refractivity contribution in [2.45, 2.75) is 44.2 Å². The topological polar surface area (TPSA) is 101 Å². The molecule has 1 aromatic rings. The van der Waals surface area contributed by atoms with Crippen LogP contribution in [0, 0.1) is 0 Å². The molecule has 2 atom stereocenters. The molecule has 3 rings (SSSR count). The third kappa shape index (κ3) is 5.07. The van der Waals surface area contributed by atoms with E-state index in [1.807, 2.05) is 0 Å². The molecule has 2 unspecified atom stereocenters. The zero-order valence-corrected chi connectivity index (χ0v) is 16.0. The molecule has 1 N–H and O–H groups in total. The van der Waals surface area contributed by atoms with Crippen LogP contribution >= 0.6 is 0 Å². The first-order valence-corrected chi connectivity index (χ1v) is 11.1. The number of carboxylic acids is 1. The van der Waals surface area contributed by atoms with Crippen molar-refractivity contribution in [3.63, 3.8) is 0 Å². The molecule has 0 saturated carbocycles. The Balaban J connectivity index is 1.70. The molecule has 7 nitrogen and oxygen atoms in total. The van der Waals surface area contributed by atoms with Gasteiger partial charge in [-0.3, -0.25) is 4.79 Å². The van der Waals surface area contributed by atoms with Gasteiger partial charge in [0, 0.05) is 25.6 Å². The van der Waals surface area contributed by atoms with Crippen molar-refractivity contribution in [3.8, 4) is 0 Å². The highest BCUT2D eigenvalue weighted by Gasteiger charge is 2.36. The number of aromatic carboxylic acids is 1.